The Kier molecular flexibility index (Phi) is 4.70. The lowest BCUT2D eigenvalue weighted by molar-refractivity contribution is 0.0293. The number of methoxy groups -OCH3 is 1. The highest BCUT2D eigenvalue weighted by molar-refractivity contribution is 5.92. The lowest BCUT2D eigenvalue weighted by Gasteiger charge is -2.24. The minimum absolute atomic E-state index is 0.195. The largest absolute Gasteiger partial charge is 0.497 e. The number of nitrogens with one attached hydrogen (secondary N) is 1. The van der Waals surface area contributed by atoms with Crippen molar-refractivity contribution < 1.29 is 14.3 Å². The number of amides is 1. The van der Waals surface area contributed by atoms with Crippen LogP contribution >= 0.6 is 0 Å². The molecule has 1 aliphatic rings. The first-order valence-corrected chi connectivity index (χ1v) is 8.53. The number of hydrogen-bond donors (Lipinski definition) is 1. The van der Waals surface area contributed by atoms with Crippen LogP contribution in [0.4, 0.5) is 10.5 Å². The molecule has 3 rings (SSSR count). The van der Waals surface area contributed by atoms with Gasteiger partial charge < -0.3 is 19.7 Å². The number of benzene rings is 1. The number of carbonyl (C=O) groups is 1. The number of anilines is 1. The van der Waals surface area contributed by atoms with E-state index in [9.17, 15) is 4.79 Å². The van der Waals surface area contributed by atoms with Crippen molar-refractivity contribution in [3.8, 4) is 5.75 Å². The first-order valence-electron chi connectivity index (χ1n) is 8.53. The number of pyridine rings is 1. The fraction of sp³-hybridized carbons (Fsp3) is 0.474. The van der Waals surface area contributed by atoms with Crippen molar-refractivity contribution in [3.63, 3.8) is 0 Å². The molecule has 0 saturated carbocycles. The summed E-state index contributed by atoms with van der Waals surface area (Å²) in [6.07, 6.45) is 2.42. The summed E-state index contributed by atoms with van der Waals surface area (Å²) in [4.78, 5) is 18.4. The summed E-state index contributed by atoms with van der Waals surface area (Å²) in [5, 5.41) is 4.58. The third-order valence-corrected chi connectivity index (χ3v) is 4.15. The van der Waals surface area contributed by atoms with Crippen LogP contribution in [0.15, 0.2) is 30.5 Å². The molecule has 25 heavy (non-hydrogen) atoms. The normalized spacial score (nSPS) is 17.6. The zero-order chi connectivity index (χ0) is 18.0. The number of carbonyl (C=O) groups excluding carboxylic acids is 1. The monoisotopic (exact) mass is 343 g/mol. The molecule has 1 amide bonds. The van der Waals surface area contributed by atoms with Gasteiger partial charge in [-0.05, 0) is 45.4 Å². The highest BCUT2D eigenvalue weighted by atomic mass is 16.6. The Morgan fingerprint density at radius 2 is 2.12 bits per heavy atom. The van der Waals surface area contributed by atoms with E-state index in [1.165, 1.54) is 0 Å². The quantitative estimate of drug-likeness (QED) is 0.921. The van der Waals surface area contributed by atoms with Crippen molar-refractivity contribution in [3.05, 3.63) is 30.5 Å². The van der Waals surface area contributed by atoms with E-state index in [-0.39, 0.29) is 12.1 Å². The van der Waals surface area contributed by atoms with Gasteiger partial charge in [-0.3, -0.25) is 4.98 Å². The van der Waals surface area contributed by atoms with Crippen molar-refractivity contribution in [2.24, 2.45) is 0 Å². The van der Waals surface area contributed by atoms with Gasteiger partial charge in [-0.2, -0.15) is 0 Å². The number of nitrogens with zero attached hydrogens (tertiary/aromatic N) is 2. The molecule has 1 aliphatic heterocycles. The van der Waals surface area contributed by atoms with Crippen LogP contribution in [0.3, 0.4) is 0 Å². The van der Waals surface area contributed by atoms with Gasteiger partial charge >= 0.3 is 6.09 Å². The summed E-state index contributed by atoms with van der Waals surface area (Å²) >= 11 is 0. The predicted octanol–water partition coefficient (Wildman–Crippen LogP) is 3.66. The molecule has 1 aromatic heterocycles. The molecule has 1 N–H and O–H groups in total. The SMILES string of the molecule is COc1ccc2c(N[C@@H]3CCN(C(=O)OC(C)(C)C)C3)ccnc2c1. The number of rotatable bonds is 3. The summed E-state index contributed by atoms with van der Waals surface area (Å²) in [5.41, 5.74) is 1.43. The summed E-state index contributed by atoms with van der Waals surface area (Å²) < 4.78 is 10.7. The van der Waals surface area contributed by atoms with Crippen LogP contribution in [0.1, 0.15) is 27.2 Å². The molecule has 6 nitrogen and oxygen atoms in total. The number of likely N-dealkylation sites (tertiary alicyclic amines) is 1. The average molecular weight is 343 g/mol. The highest BCUT2D eigenvalue weighted by Crippen LogP contribution is 2.27. The van der Waals surface area contributed by atoms with E-state index in [2.05, 4.69) is 10.3 Å². The van der Waals surface area contributed by atoms with E-state index in [1.807, 2.05) is 45.0 Å². The van der Waals surface area contributed by atoms with E-state index in [1.54, 1.807) is 18.2 Å². The Labute approximate surface area is 148 Å². The van der Waals surface area contributed by atoms with E-state index in [0.717, 1.165) is 28.8 Å². The van der Waals surface area contributed by atoms with Gasteiger partial charge in [0.15, 0.2) is 0 Å². The van der Waals surface area contributed by atoms with Gasteiger partial charge in [0.25, 0.3) is 0 Å². The summed E-state index contributed by atoms with van der Waals surface area (Å²) in [6, 6.07) is 8.01. The van der Waals surface area contributed by atoms with E-state index in [0.29, 0.717) is 13.1 Å². The molecule has 1 aromatic carbocycles. The third kappa shape index (κ3) is 4.13. The molecule has 0 radical (unpaired) electrons. The Bertz CT molecular complexity index is 770. The molecule has 0 bridgehead atoms. The maximum Gasteiger partial charge on any atom is 0.410 e. The molecule has 0 aliphatic carbocycles. The molecule has 0 unspecified atom stereocenters. The molecule has 0 spiro atoms. The summed E-state index contributed by atoms with van der Waals surface area (Å²) in [7, 11) is 1.65. The third-order valence-electron chi connectivity index (χ3n) is 4.15. The molecule has 2 aromatic rings. The van der Waals surface area contributed by atoms with Crippen molar-refractivity contribution >= 4 is 22.7 Å². The van der Waals surface area contributed by atoms with Gasteiger partial charge in [0.2, 0.25) is 0 Å². The fourth-order valence-corrected chi connectivity index (χ4v) is 2.97. The maximum absolute atomic E-state index is 12.2. The lowest BCUT2D eigenvalue weighted by atomic mass is 10.1. The van der Waals surface area contributed by atoms with Crippen LogP contribution in [0, 0.1) is 0 Å². The topological polar surface area (TPSA) is 63.7 Å². The van der Waals surface area contributed by atoms with Crippen molar-refractivity contribution in [2.75, 3.05) is 25.5 Å². The first kappa shape index (κ1) is 17.3. The predicted molar refractivity (Wildman–Crippen MR) is 98.1 cm³/mol. The van der Waals surface area contributed by atoms with Gasteiger partial charge in [-0.1, -0.05) is 0 Å². The van der Waals surface area contributed by atoms with E-state index >= 15 is 0 Å². The number of fused-ring (bicyclic) bond motifs is 1. The van der Waals surface area contributed by atoms with Crippen LogP contribution < -0.4 is 10.1 Å². The van der Waals surface area contributed by atoms with Crippen LogP contribution in [-0.2, 0) is 4.74 Å². The summed E-state index contributed by atoms with van der Waals surface area (Å²) in [6.45, 7) is 6.98. The molecule has 1 fully saturated rings. The first-order chi connectivity index (χ1) is 11.9. The van der Waals surface area contributed by atoms with E-state index < -0.39 is 5.60 Å². The Morgan fingerprint density at radius 1 is 1.32 bits per heavy atom. The van der Waals surface area contributed by atoms with Crippen LogP contribution in [0.25, 0.3) is 10.9 Å². The second kappa shape index (κ2) is 6.78. The van der Waals surface area contributed by atoms with Crippen LogP contribution in [0.5, 0.6) is 5.75 Å². The van der Waals surface area contributed by atoms with Crippen molar-refractivity contribution in [1.82, 2.24) is 9.88 Å². The highest BCUT2D eigenvalue weighted by Gasteiger charge is 2.29. The molecule has 2 heterocycles. The average Bonchev–Trinajstić information content (AvgIpc) is 3.02. The molecule has 134 valence electrons. The molecular formula is C19H25N3O3. The van der Waals surface area contributed by atoms with Crippen LogP contribution in [0.2, 0.25) is 0 Å². The lowest BCUT2D eigenvalue weighted by Crippen LogP contribution is -2.36. The minimum Gasteiger partial charge on any atom is -0.497 e. The minimum atomic E-state index is -0.469. The van der Waals surface area contributed by atoms with E-state index in [4.69, 9.17) is 9.47 Å². The molecule has 1 atom stereocenters. The summed E-state index contributed by atoms with van der Waals surface area (Å²) in [5.74, 6) is 0.786. The zero-order valence-corrected chi connectivity index (χ0v) is 15.2. The van der Waals surface area contributed by atoms with Crippen LogP contribution in [-0.4, -0.2) is 47.8 Å². The molecule has 1 saturated heterocycles. The molecular weight excluding hydrogens is 318 g/mol. The van der Waals surface area contributed by atoms with Crippen molar-refractivity contribution in [1.29, 1.82) is 0 Å². The second-order valence-electron chi connectivity index (χ2n) is 7.30. The van der Waals surface area contributed by atoms with Gasteiger partial charge in [-0.25, -0.2) is 4.79 Å². The fourth-order valence-electron chi connectivity index (χ4n) is 2.97. The number of hydrogen-bond acceptors (Lipinski definition) is 5. The smallest absolute Gasteiger partial charge is 0.410 e. The van der Waals surface area contributed by atoms with Gasteiger partial charge in [0, 0.05) is 42.5 Å². The maximum atomic E-state index is 12.2. The van der Waals surface area contributed by atoms with Gasteiger partial charge in [0.1, 0.15) is 11.4 Å². The molecule has 6 heteroatoms. The Balaban J connectivity index is 1.69. The van der Waals surface area contributed by atoms with Gasteiger partial charge in [-0.15, -0.1) is 0 Å². The van der Waals surface area contributed by atoms with Crippen molar-refractivity contribution in [2.45, 2.75) is 38.8 Å². The Hall–Kier alpha value is -2.50. The van der Waals surface area contributed by atoms with Gasteiger partial charge in [0.05, 0.1) is 12.6 Å². The second-order valence-corrected chi connectivity index (χ2v) is 7.30. The zero-order valence-electron chi connectivity index (χ0n) is 15.2. The number of aromatic nitrogens is 1. The standard InChI is InChI=1S/C19H25N3O3/c1-19(2,3)25-18(23)22-10-8-13(12-22)21-16-7-9-20-17-11-14(24-4)5-6-15(16)17/h5-7,9,11,13H,8,10,12H2,1-4H3,(H,20,21)/t13-/m1/s1. The Morgan fingerprint density at radius 3 is 2.84 bits per heavy atom. The number of ether oxygens (including phenoxy) is 2.